The van der Waals surface area contributed by atoms with Crippen LogP contribution >= 0.6 is 0 Å². The first-order valence-electron chi connectivity index (χ1n) is 8.89. The normalized spacial score (nSPS) is 31.6. The fourth-order valence-electron chi connectivity index (χ4n) is 4.94. The van der Waals surface area contributed by atoms with Gasteiger partial charge in [-0.25, -0.2) is 0 Å². The summed E-state index contributed by atoms with van der Waals surface area (Å²) >= 11 is 0. The van der Waals surface area contributed by atoms with E-state index >= 15 is 0 Å². The van der Waals surface area contributed by atoms with Crippen LogP contribution in [-0.4, -0.2) is 46.9 Å². The predicted molar refractivity (Wildman–Crippen MR) is 89.2 cm³/mol. The van der Waals surface area contributed by atoms with Crippen molar-refractivity contribution in [1.29, 1.82) is 0 Å². The molecule has 2 aliphatic carbocycles. The van der Waals surface area contributed by atoms with Gasteiger partial charge in [0, 0.05) is 50.9 Å². The lowest BCUT2D eigenvalue weighted by atomic mass is 9.93. The van der Waals surface area contributed by atoms with Gasteiger partial charge in [-0.15, -0.1) is 0 Å². The van der Waals surface area contributed by atoms with Crippen LogP contribution in [0.3, 0.4) is 0 Å². The third-order valence-electron chi connectivity index (χ3n) is 6.10. The van der Waals surface area contributed by atoms with Gasteiger partial charge in [-0.05, 0) is 36.7 Å². The Kier molecular flexibility index (Phi) is 4.07. The number of hydrogen-bond donors (Lipinski definition) is 0. The molecule has 1 aromatic carbocycles. The first kappa shape index (κ1) is 15.1. The summed E-state index contributed by atoms with van der Waals surface area (Å²) in [7, 11) is 0. The molecule has 1 saturated heterocycles. The van der Waals surface area contributed by atoms with E-state index < -0.39 is 0 Å². The van der Waals surface area contributed by atoms with Gasteiger partial charge < -0.3 is 0 Å². The number of hydrogen-bond acceptors (Lipinski definition) is 4. The number of rotatable bonds is 4. The lowest BCUT2D eigenvalue weighted by Crippen LogP contribution is -2.51. The van der Waals surface area contributed by atoms with Crippen molar-refractivity contribution in [3.05, 3.63) is 39.9 Å². The monoisotopic (exact) mass is 315 g/mol. The van der Waals surface area contributed by atoms with Crippen molar-refractivity contribution >= 4 is 5.69 Å². The van der Waals surface area contributed by atoms with E-state index in [9.17, 15) is 10.1 Å². The van der Waals surface area contributed by atoms with Gasteiger partial charge in [-0.1, -0.05) is 18.6 Å². The molecule has 5 nitrogen and oxygen atoms in total. The first-order valence-corrected chi connectivity index (χ1v) is 8.89. The second-order valence-electron chi connectivity index (χ2n) is 7.48. The van der Waals surface area contributed by atoms with Gasteiger partial charge in [0.05, 0.1) is 4.92 Å². The molecule has 3 aliphatic rings. The fraction of sp³-hybridized carbons (Fsp3) is 0.667. The van der Waals surface area contributed by atoms with Crippen molar-refractivity contribution in [3.8, 4) is 0 Å². The molecule has 0 spiro atoms. The van der Waals surface area contributed by atoms with Crippen LogP contribution in [0.5, 0.6) is 0 Å². The number of piperazine rings is 1. The largest absolute Gasteiger partial charge is 0.298 e. The molecule has 1 aliphatic heterocycles. The SMILES string of the molecule is O=[N+]([O-])c1cccc(CN2CCN([C@H]3C[C@H]4CC[C@@H]3C4)CC2)c1. The van der Waals surface area contributed by atoms with Crippen LogP contribution in [0.2, 0.25) is 0 Å². The molecule has 0 radical (unpaired) electrons. The molecule has 0 aromatic heterocycles. The van der Waals surface area contributed by atoms with Gasteiger partial charge in [0.1, 0.15) is 0 Å². The van der Waals surface area contributed by atoms with E-state index in [0.717, 1.165) is 56.2 Å². The Morgan fingerprint density at radius 1 is 1.13 bits per heavy atom. The van der Waals surface area contributed by atoms with Crippen LogP contribution in [0.25, 0.3) is 0 Å². The van der Waals surface area contributed by atoms with E-state index in [1.165, 1.54) is 25.7 Å². The number of nitrogens with zero attached hydrogens (tertiary/aromatic N) is 3. The van der Waals surface area contributed by atoms with E-state index in [1.54, 1.807) is 18.2 Å². The highest BCUT2D eigenvalue weighted by atomic mass is 16.6. The molecule has 2 bridgehead atoms. The van der Waals surface area contributed by atoms with Crippen LogP contribution in [-0.2, 0) is 6.54 Å². The molecule has 23 heavy (non-hydrogen) atoms. The topological polar surface area (TPSA) is 49.6 Å². The van der Waals surface area contributed by atoms with Crippen LogP contribution in [0, 0.1) is 22.0 Å². The number of nitro groups is 1. The Morgan fingerprint density at radius 3 is 2.61 bits per heavy atom. The van der Waals surface area contributed by atoms with Crippen LogP contribution in [0.1, 0.15) is 31.2 Å². The molecular formula is C18H25N3O2. The van der Waals surface area contributed by atoms with E-state index in [0.29, 0.717) is 0 Å². The minimum Gasteiger partial charge on any atom is -0.298 e. The van der Waals surface area contributed by atoms with Crippen LogP contribution in [0.15, 0.2) is 24.3 Å². The van der Waals surface area contributed by atoms with Gasteiger partial charge in [0.25, 0.3) is 5.69 Å². The van der Waals surface area contributed by atoms with Crippen molar-refractivity contribution < 1.29 is 4.92 Å². The molecule has 3 fully saturated rings. The zero-order chi connectivity index (χ0) is 15.8. The third kappa shape index (κ3) is 3.12. The average molecular weight is 315 g/mol. The maximum absolute atomic E-state index is 10.9. The van der Waals surface area contributed by atoms with E-state index in [-0.39, 0.29) is 10.6 Å². The molecule has 0 unspecified atom stereocenters. The highest BCUT2D eigenvalue weighted by molar-refractivity contribution is 5.34. The molecule has 4 rings (SSSR count). The second kappa shape index (κ2) is 6.21. The highest BCUT2D eigenvalue weighted by Crippen LogP contribution is 2.46. The van der Waals surface area contributed by atoms with Gasteiger partial charge in [0.15, 0.2) is 0 Å². The Balaban J connectivity index is 1.31. The Labute approximate surface area is 137 Å². The second-order valence-corrected chi connectivity index (χ2v) is 7.48. The van der Waals surface area contributed by atoms with E-state index in [2.05, 4.69) is 9.80 Å². The maximum atomic E-state index is 10.9. The third-order valence-corrected chi connectivity index (χ3v) is 6.10. The molecular weight excluding hydrogens is 290 g/mol. The van der Waals surface area contributed by atoms with Gasteiger partial charge in [-0.3, -0.25) is 19.9 Å². The summed E-state index contributed by atoms with van der Waals surface area (Å²) in [6.07, 6.45) is 5.81. The number of nitro benzene ring substituents is 1. The summed E-state index contributed by atoms with van der Waals surface area (Å²) in [6.45, 7) is 5.30. The summed E-state index contributed by atoms with van der Waals surface area (Å²) in [5.74, 6) is 1.97. The predicted octanol–water partition coefficient (Wildman–Crippen LogP) is 2.90. The van der Waals surface area contributed by atoms with Crippen LogP contribution < -0.4 is 0 Å². The molecule has 3 atom stereocenters. The summed E-state index contributed by atoms with van der Waals surface area (Å²) in [5.41, 5.74) is 1.25. The average Bonchev–Trinajstić information content (AvgIpc) is 3.19. The zero-order valence-corrected chi connectivity index (χ0v) is 13.6. The van der Waals surface area contributed by atoms with Gasteiger partial charge in [0.2, 0.25) is 0 Å². The Hall–Kier alpha value is -1.46. The lowest BCUT2D eigenvalue weighted by Gasteiger charge is -2.41. The zero-order valence-electron chi connectivity index (χ0n) is 13.6. The number of benzene rings is 1. The molecule has 0 N–H and O–H groups in total. The molecule has 0 amide bonds. The summed E-state index contributed by atoms with van der Waals surface area (Å²) in [6, 6.07) is 7.90. The van der Waals surface area contributed by atoms with Crippen molar-refractivity contribution in [2.45, 2.75) is 38.3 Å². The summed E-state index contributed by atoms with van der Waals surface area (Å²) < 4.78 is 0. The molecule has 2 saturated carbocycles. The molecule has 1 heterocycles. The Morgan fingerprint density at radius 2 is 1.96 bits per heavy atom. The molecule has 1 aromatic rings. The number of non-ortho nitro benzene ring substituents is 1. The van der Waals surface area contributed by atoms with Gasteiger partial charge in [-0.2, -0.15) is 0 Å². The standard InChI is InChI=1S/C18H25N3O2/c22-21(23)17-3-1-2-15(11-17)13-19-6-8-20(9-7-19)18-12-14-4-5-16(18)10-14/h1-3,11,14,16,18H,4-10,12-13H2/t14-,16+,18-/m0/s1. The van der Waals surface area contributed by atoms with E-state index in [4.69, 9.17) is 0 Å². The van der Waals surface area contributed by atoms with Crippen LogP contribution in [0.4, 0.5) is 5.69 Å². The maximum Gasteiger partial charge on any atom is 0.269 e. The minimum absolute atomic E-state index is 0.197. The van der Waals surface area contributed by atoms with Crippen molar-refractivity contribution in [3.63, 3.8) is 0 Å². The van der Waals surface area contributed by atoms with Crippen molar-refractivity contribution in [2.75, 3.05) is 26.2 Å². The van der Waals surface area contributed by atoms with Crippen molar-refractivity contribution in [2.24, 2.45) is 11.8 Å². The minimum atomic E-state index is -0.309. The first-order chi connectivity index (χ1) is 11.2. The quantitative estimate of drug-likeness (QED) is 0.633. The molecule has 124 valence electrons. The lowest BCUT2D eigenvalue weighted by molar-refractivity contribution is -0.384. The van der Waals surface area contributed by atoms with E-state index in [1.807, 2.05) is 6.07 Å². The summed E-state index contributed by atoms with van der Waals surface area (Å²) in [5, 5.41) is 10.9. The highest BCUT2D eigenvalue weighted by Gasteiger charge is 2.42. The Bertz CT molecular complexity index is 583. The van der Waals surface area contributed by atoms with Crippen molar-refractivity contribution in [1.82, 2.24) is 9.80 Å². The molecule has 5 heteroatoms. The number of fused-ring (bicyclic) bond motifs is 2. The smallest absolute Gasteiger partial charge is 0.269 e. The fourth-order valence-corrected chi connectivity index (χ4v) is 4.94. The van der Waals surface area contributed by atoms with Gasteiger partial charge >= 0.3 is 0 Å². The summed E-state index contributed by atoms with van der Waals surface area (Å²) in [4.78, 5) is 15.7.